The highest BCUT2D eigenvalue weighted by molar-refractivity contribution is 6.03. The van der Waals surface area contributed by atoms with Gasteiger partial charge in [-0.15, -0.1) is 5.10 Å². The summed E-state index contributed by atoms with van der Waals surface area (Å²) in [6.07, 6.45) is 2.18. The van der Waals surface area contributed by atoms with Crippen molar-refractivity contribution in [2.24, 2.45) is 0 Å². The van der Waals surface area contributed by atoms with E-state index in [0.717, 1.165) is 23.4 Å². The molecule has 0 atom stereocenters. The second kappa shape index (κ2) is 7.52. The number of carbonyl (C=O) groups excluding carboxylic acids is 1. The molecule has 0 aliphatic heterocycles. The van der Waals surface area contributed by atoms with Gasteiger partial charge in [0.2, 0.25) is 0 Å². The fourth-order valence-corrected chi connectivity index (χ4v) is 2.31. The number of nitrogens with one attached hydrogen (secondary N) is 1. The van der Waals surface area contributed by atoms with Gasteiger partial charge in [0.15, 0.2) is 5.69 Å². The molecule has 0 radical (unpaired) electrons. The second-order valence-electron chi connectivity index (χ2n) is 5.21. The van der Waals surface area contributed by atoms with E-state index in [4.69, 9.17) is 4.74 Å². The number of carbonyl (C=O) groups is 1. The van der Waals surface area contributed by atoms with Gasteiger partial charge in [-0.25, -0.2) is 0 Å². The standard InChI is InChI=1S/C18H18N4O2/c1-24-12-11-14-7-5-6-10-16(14)20-18(23)17-13-19-22(21-17)15-8-3-2-4-9-15/h2-10,13H,11-12H2,1H3,(H,20,23). The lowest BCUT2D eigenvalue weighted by Crippen LogP contribution is -2.15. The first-order valence-electron chi connectivity index (χ1n) is 7.64. The summed E-state index contributed by atoms with van der Waals surface area (Å²) in [4.78, 5) is 13.9. The van der Waals surface area contributed by atoms with Gasteiger partial charge in [0, 0.05) is 12.8 Å². The first kappa shape index (κ1) is 15.9. The molecule has 0 aliphatic carbocycles. The van der Waals surface area contributed by atoms with Crippen molar-refractivity contribution in [1.29, 1.82) is 0 Å². The maximum absolute atomic E-state index is 12.4. The summed E-state index contributed by atoms with van der Waals surface area (Å²) in [5.74, 6) is -0.290. The van der Waals surface area contributed by atoms with Crippen LogP contribution in [0.1, 0.15) is 16.1 Å². The van der Waals surface area contributed by atoms with Gasteiger partial charge in [0.25, 0.3) is 5.91 Å². The van der Waals surface area contributed by atoms with Crippen LogP contribution in [0.25, 0.3) is 5.69 Å². The molecule has 0 unspecified atom stereocenters. The van der Waals surface area contributed by atoms with E-state index in [1.807, 2.05) is 54.6 Å². The fraction of sp³-hybridized carbons (Fsp3) is 0.167. The van der Waals surface area contributed by atoms with Gasteiger partial charge >= 0.3 is 0 Å². The Balaban J connectivity index is 1.75. The molecule has 6 heteroatoms. The van der Waals surface area contributed by atoms with Crippen LogP contribution >= 0.6 is 0 Å². The van der Waals surface area contributed by atoms with Crippen LogP contribution in [0, 0.1) is 0 Å². The Morgan fingerprint density at radius 2 is 1.88 bits per heavy atom. The molecule has 24 heavy (non-hydrogen) atoms. The zero-order valence-corrected chi connectivity index (χ0v) is 13.3. The molecule has 1 N–H and O–H groups in total. The van der Waals surface area contributed by atoms with Crippen molar-refractivity contribution < 1.29 is 9.53 Å². The zero-order chi connectivity index (χ0) is 16.8. The minimum Gasteiger partial charge on any atom is -0.384 e. The molecule has 0 saturated carbocycles. The maximum Gasteiger partial charge on any atom is 0.277 e. The molecule has 3 aromatic rings. The number of hydrogen-bond acceptors (Lipinski definition) is 4. The quantitative estimate of drug-likeness (QED) is 0.757. The number of ether oxygens (including phenoxy) is 1. The average Bonchev–Trinajstić information content (AvgIpc) is 3.12. The van der Waals surface area contributed by atoms with Crippen LogP contribution in [0.4, 0.5) is 5.69 Å². The van der Waals surface area contributed by atoms with Crippen LogP contribution in [-0.2, 0) is 11.2 Å². The Hall–Kier alpha value is -2.99. The van der Waals surface area contributed by atoms with E-state index >= 15 is 0 Å². The van der Waals surface area contributed by atoms with E-state index in [9.17, 15) is 4.79 Å². The number of anilines is 1. The highest BCUT2D eigenvalue weighted by Crippen LogP contribution is 2.16. The fourth-order valence-electron chi connectivity index (χ4n) is 2.31. The van der Waals surface area contributed by atoms with Gasteiger partial charge in [-0.05, 0) is 30.2 Å². The number of para-hydroxylation sites is 2. The Morgan fingerprint density at radius 3 is 2.67 bits per heavy atom. The normalized spacial score (nSPS) is 10.5. The van der Waals surface area contributed by atoms with Crippen LogP contribution in [0.5, 0.6) is 0 Å². The van der Waals surface area contributed by atoms with Crippen molar-refractivity contribution in [3.05, 3.63) is 72.1 Å². The number of methoxy groups -OCH3 is 1. The van der Waals surface area contributed by atoms with Crippen molar-refractivity contribution in [3.63, 3.8) is 0 Å². The molecule has 6 nitrogen and oxygen atoms in total. The highest BCUT2D eigenvalue weighted by Gasteiger charge is 2.13. The smallest absolute Gasteiger partial charge is 0.277 e. The van der Waals surface area contributed by atoms with E-state index in [2.05, 4.69) is 15.5 Å². The average molecular weight is 322 g/mol. The lowest BCUT2D eigenvalue weighted by atomic mass is 10.1. The molecule has 0 bridgehead atoms. The summed E-state index contributed by atoms with van der Waals surface area (Å²) in [7, 11) is 1.66. The van der Waals surface area contributed by atoms with Crippen molar-refractivity contribution in [1.82, 2.24) is 15.0 Å². The largest absolute Gasteiger partial charge is 0.384 e. The van der Waals surface area contributed by atoms with Crippen molar-refractivity contribution in [3.8, 4) is 5.69 Å². The van der Waals surface area contributed by atoms with Gasteiger partial charge < -0.3 is 10.1 Å². The predicted octanol–water partition coefficient (Wildman–Crippen LogP) is 2.71. The molecule has 0 saturated heterocycles. The van der Waals surface area contributed by atoms with E-state index in [-0.39, 0.29) is 11.6 Å². The van der Waals surface area contributed by atoms with Crippen molar-refractivity contribution in [2.75, 3.05) is 19.0 Å². The lowest BCUT2D eigenvalue weighted by Gasteiger charge is -2.09. The van der Waals surface area contributed by atoms with E-state index < -0.39 is 0 Å². The molecular weight excluding hydrogens is 304 g/mol. The number of nitrogens with zero attached hydrogens (tertiary/aromatic N) is 3. The highest BCUT2D eigenvalue weighted by atomic mass is 16.5. The summed E-state index contributed by atoms with van der Waals surface area (Å²) in [5, 5.41) is 11.3. The van der Waals surface area contributed by atoms with Crippen LogP contribution in [0.3, 0.4) is 0 Å². The van der Waals surface area contributed by atoms with Crippen LogP contribution in [0.2, 0.25) is 0 Å². The van der Waals surface area contributed by atoms with E-state index in [0.29, 0.717) is 6.61 Å². The van der Waals surface area contributed by atoms with E-state index in [1.54, 1.807) is 7.11 Å². The maximum atomic E-state index is 12.4. The summed E-state index contributed by atoms with van der Waals surface area (Å²) in [6.45, 7) is 0.594. The van der Waals surface area contributed by atoms with Gasteiger partial charge in [-0.1, -0.05) is 36.4 Å². The van der Waals surface area contributed by atoms with Gasteiger partial charge in [-0.2, -0.15) is 9.90 Å². The predicted molar refractivity (Wildman–Crippen MR) is 91.3 cm³/mol. The molecule has 2 aromatic carbocycles. The lowest BCUT2D eigenvalue weighted by molar-refractivity contribution is 0.102. The Labute approximate surface area is 140 Å². The summed E-state index contributed by atoms with van der Waals surface area (Å²) in [6, 6.07) is 17.1. The van der Waals surface area contributed by atoms with Gasteiger partial charge in [0.1, 0.15) is 0 Å². The van der Waals surface area contributed by atoms with Gasteiger partial charge in [0.05, 0.1) is 18.5 Å². The number of hydrogen-bond donors (Lipinski definition) is 1. The topological polar surface area (TPSA) is 69.0 Å². The molecular formula is C18H18N4O2. The number of rotatable bonds is 6. The molecule has 1 amide bonds. The Bertz CT molecular complexity index is 815. The Kier molecular flexibility index (Phi) is 4.98. The summed E-state index contributed by atoms with van der Waals surface area (Å²) < 4.78 is 5.10. The molecule has 3 rings (SSSR count). The SMILES string of the molecule is COCCc1ccccc1NC(=O)c1cnn(-c2ccccc2)n1. The number of benzene rings is 2. The van der Waals surface area contributed by atoms with Gasteiger partial charge in [-0.3, -0.25) is 4.79 Å². The van der Waals surface area contributed by atoms with E-state index in [1.165, 1.54) is 11.0 Å². The summed E-state index contributed by atoms with van der Waals surface area (Å²) >= 11 is 0. The number of amides is 1. The molecule has 1 aromatic heterocycles. The molecule has 0 spiro atoms. The second-order valence-corrected chi connectivity index (χ2v) is 5.21. The van der Waals surface area contributed by atoms with Crippen molar-refractivity contribution >= 4 is 11.6 Å². The minimum absolute atomic E-state index is 0.264. The first-order chi connectivity index (χ1) is 11.8. The molecule has 0 aliphatic rings. The first-order valence-corrected chi connectivity index (χ1v) is 7.64. The molecule has 0 fully saturated rings. The molecule has 1 heterocycles. The zero-order valence-electron chi connectivity index (χ0n) is 13.3. The molecule has 122 valence electrons. The third kappa shape index (κ3) is 3.67. The van der Waals surface area contributed by atoms with Crippen molar-refractivity contribution in [2.45, 2.75) is 6.42 Å². The summed E-state index contributed by atoms with van der Waals surface area (Å²) in [5.41, 5.74) is 2.84. The third-order valence-corrected chi connectivity index (χ3v) is 3.55. The van der Waals surface area contributed by atoms with Crippen LogP contribution < -0.4 is 5.32 Å². The van der Waals surface area contributed by atoms with Crippen LogP contribution in [0.15, 0.2) is 60.8 Å². The third-order valence-electron chi connectivity index (χ3n) is 3.55. The monoisotopic (exact) mass is 322 g/mol. The number of aromatic nitrogens is 3. The van der Waals surface area contributed by atoms with Crippen LogP contribution in [-0.4, -0.2) is 34.6 Å². The Morgan fingerprint density at radius 1 is 1.12 bits per heavy atom. The minimum atomic E-state index is -0.290.